The van der Waals surface area contributed by atoms with Crippen LogP contribution >= 0.6 is 11.8 Å². The lowest BCUT2D eigenvalue weighted by Crippen LogP contribution is -2.38. The Bertz CT molecular complexity index is 369. The van der Waals surface area contributed by atoms with Crippen molar-refractivity contribution in [3.63, 3.8) is 0 Å². The zero-order valence-corrected chi connectivity index (χ0v) is 11.8. The minimum atomic E-state index is -0.142. The molecule has 2 N–H and O–H groups in total. The third-order valence-corrected chi connectivity index (χ3v) is 3.70. The van der Waals surface area contributed by atoms with Gasteiger partial charge in [-0.2, -0.15) is 0 Å². The molecule has 0 aliphatic heterocycles. The van der Waals surface area contributed by atoms with Crippen LogP contribution in [-0.2, 0) is 10.5 Å². The number of hydrogen-bond donors (Lipinski definition) is 2. The van der Waals surface area contributed by atoms with Crippen LogP contribution in [0.5, 0.6) is 0 Å². The number of thioether (sulfide) groups is 1. The van der Waals surface area contributed by atoms with E-state index in [0.29, 0.717) is 11.5 Å². The molecule has 1 amide bonds. The molecule has 1 rings (SSSR count). The molecule has 0 fully saturated rings. The molecule has 0 aliphatic carbocycles. The minimum Gasteiger partial charge on any atom is -0.394 e. The minimum absolute atomic E-state index is 0.0171. The molecular formula is C12H20N2O3S. The van der Waals surface area contributed by atoms with Crippen molar-refractivity contribution in [1.29, 1.82) is 0 Å². The zero-order valence-electron chi connectivity index (χ0n) is 11.0. The van der Waals surface area contributed by atoms with Crippen molar-refractivity contribution in [1.82, 2.24) is 10.5 Å². The van der Waals surface area contributed by atoms with Crippen molar-refractivity contribution in [3.05, 3.63) is 17.0 Å². The number of hydrogen-bond acceptors (Lipinski definition) is 5. The molecule has 0 spiro atoms. The maximum Gasteiger partial charge on any atom is 0.230 e. The molecule has 1 aromatic rings. The number of rotatable bonds is 7. The number of carbonyl (C=O) groups excluding carboxylic acids is 1. The van der Waals surface area contributed by atoms with E-state index in [9.17, 15) is 4.79 Å². The molecule has 1 heterocycles. The van der Waals surface area contributed by atoms with E-state index in [-0.39, 0.29) is 18.6 Å². The second kappa shape index (κ2) is 7.43. The average molecular weight is 272 g/mol. The lowest BCUT2D eigenvalue weighted by molar-refractivity contribution is -0.119. The molecule has 0 saturated carbocycles. The fourth-order valence-corrected chi connectivity index (χ4v) is 2.49. The molecule has 18 heavy (non-hydrogen) atoms. The van der Waals surface area contributed by atoms with E-state index >= 15 is 0 Å². The van der Waals surface area contributed by atoms with Gasteiger partial charge in [0, 0.05) is 11.3 Å². The summed E-state index contributed by atoms with van der Waals surface area (Å²) in [5.74, 6) is 1.85. The van der Waals surface area contributed by atoms with Gasteiger partial charge in [-0.15, -0.1) is 11.8 Å². The average Bonchev–Trinajstić information content (AvgIpc) is 2.67. The van der Waals surface area contributed by atoms with E-state index in [1.54, 1.807) is 0 Å². The highest BCUT2D eigenvalue weighted by molar-refractivity contribution is 7.99. The van der Waals surface area contributed by atoms with E-state index in [1.807, 2.05) is 20.8 Å². The predicted octanol–water partition coefficient (Wildman–Crippen LogP) is 1.41. The number of aliphatic hydroxyl groups excluding tert-OH is 1. The third kappa shape index (κ3) is 4.34. The molecule has 1 unspecified atom stereocenters. The lowest BCUT2D eigenvalue weighted by Gasteiger charge is -2.13. The van der Waals surface area contributed by atoms with Crippen LogP contribution in [0.2, 0.25) is 0 Å². The maximum absolute atomic E-state index is 11.6. The summed E-state index contributed by atoms with van der Waals surface area (Å²) in [6, 6.07) is -0.142. The fraction of sp³-hybridized carbons (Fsp3) is 0.667. The molecular weight excluding hydrogens is 252 g/mol. The lowest BCUT2D eigenvalue weighted by atomic mass is 10.2. The molecule has 5 nitrogen and oxygen atoms in total. The Morgan fingerprint density at radius 1 is 1.56 bits per heavy atom. The number of carbonyl (C=O) groups is 1. The fourth-order valence-electron chi connectivity index (χ4n) is 1.50. The van der Waals surface area contributed by atoms with Crippen LogP contribution in [0.25, 0.3) is 0 Å². The van der Waals surface area contributed by atoms with Crippen LogP contribution in [-0.4, -0.2) is 34.6 Å². The van der Waals surface area contributed by atoms with Crippen molar-refractivity contribution >= 4 is 17.7 Å². The third-order valence-electron chi connectivity index (χ3n) is 2.74. The van der Waals surface area contributed by atoms with Crippen LogP contribution in [0.15, 0.2) is 4.52 Å². The van der Waals surface area contributed by atoms with Gasteiger partial charge < -0.3 is 14.9 Å². The van der Waals surface area contributed by atoms with Gasteiger partial charge in [0.05, 0.1) is 24.1 Å². The van der Waals surface area contributed by atoms with Crippen molar-refractivity contribution in [2.45, 2.75) is 39.0 Å². The molecule has 0 aromatic carbocycles. The number of aliphatic hydroxyl groups is 1. The molecule has 1 aromatic heterocycles. The first kappa shape index (κ1) is 15.0. The first-order valence-electron chi connectivity index (χ1n) is 5.98. The van der Waals surface area contributed by atoms with Crippen LogP contribution in [0.3, 0.4) is 0 Å². The normalized spacial score (nSPS) is 12.4. The molecule has 0 aliphatic rings. The summed E-state index contributed by atoms with van der Waals surface area (Å²) in [7, 11) is 0. The number of aromatic nitrogens is 1. The van der Waals surface area contributed by atoms with Gasteiger partial charge in [0.1, 0.15) is 5.76 Å². The smallest absolute Gasteiger partial charge is 0.230 e. The van der Waals surface area contributed by atoms with Crippen molar-refractivity contribution < 1.29 is 14.4 Å². The summed E-state index contributed by atoms with van der Waals surface area (Å²) in [6.45, 7) is 5.68. The van der Waals surface area contributed by atoms with E-state index in [2.05, 4.69) is 10.5 Å². The number of nitrogens with zero attached hydrogens (tertiary/aromatic N) is 1. The Kier molecular flexibility index (Phi) is 6.21. The first-order valence-corrected chi connectivity index (χ1v) is 7.13. The molecule has 0 saturated heterocycles. The topological polar surface area (TPSA) is 75.4 Å². The second-order valence-electron chi connectivity index (χ2n) is 4.15. The number of amides is 1. The SMILES string of the molecule is CCC(CO)NC(=O)CSCc1c(C)noc1C. The Morgan fingerprint density at radius 3 is 2.78 bits per heavy atom. The van der Waals surface area contributed by atoms with Gasteiger partial charge >= 0.3 is 0 Å². The summed E-state index contributed by atoms with van der Waals surface area (Å²) in [6.07, 6.45) is 0.733. The van der Waals surface area contributed by atoms with Gasteiger partial charge in [0.15, 0.2) is 0 Å². The highest BCUT2D eigenvalue weighted by Gasteiger charge is 2.12. The Labute approximate surface area is 111 Å². The van der Waals surface area contributed by atoms with Gasteiger partial charge in [0.2, 0.25) is 5.91 Å². The van der Waals surface area contributed by atoms with Gasteiger partial charge in [-0.25, -0.2) is 0 Å². The largest absolute Gasteiger partial charge is 0.394 e. The summed E-state index contributed by atoms with van der Waals surface area (Å²) < 4.78 is 5.06. The first-order chi connectivity index (χ1) is 8.58. The van der Waals surface area contributed by atoms with Gasteiger partial charge in [-0.3, -0.25) is 4.79 Å². The Hall–Kier alpha value is -1.01. The van der Waals surface area contributed by atoms with Gasteiger partial charge in [-0.1, -0.05) is 12.1 Å². The monoisotopic (exact) mass is 272 g/mol. The molecule has 0 radical (unpaired) electrons. The molecule has 6 heteroatoms. The zero-order chi connectivity index (χ0) is 13.5. The highest BCUT2D eigenvalue weighted by Crippen LogP contribution is 2.19. The summed E-state index contributed by atoms with van der Waals surface area (Å²) in [5, 5.41) is 15.6. The van der Waals surface area contributed by atoms with Crippen LogP contribution in [0, 0.1) is 13.8 Å². The Balaban J connectivity index is 2.32. The standard InChI is InChI=1S/C12H20N2O3S/c1-4-10(5-15)13-12(16)7-18-6-11-8(2)14-17-9(11)3/h10,15H,4-7H2,1-3H3,(H,13,16). The number of aryl methyl sites for hydroxylation is 2. The Morgan fingerprint density at radius 2 is 2.28 bits per heavy atom. The van der Waals surface area contributed by atoms with E-state index < -0.39 is 0 Å². The number of nitrogens with one attached hydrogen (secondary N) is 1. The molecule has 102 valence electrons. The highest BCUT2D eigenvalue weighted by atomic mass is 32.2. The van der Waals surface area contributed by atoms with Crippen molar-refractivity contribution in [3.8, 4) is 0 Å². The summed E-state index contributed by atoms with van der Waals surface area (Å²) in [4.78, 5) is 11.6. The van der Waals surface area contributed by atoms with Crippen LogP contribution in [0.1, 0.15) is 30.4 Å². The molecule has 0 bridgehead atoms. The summed E-state index contributed by atoms with van der Waals surface area (Å²) in [5.41, 5.74) is 1.93. The van der Waals surface area contributed by atoms with Gasteiger partial charge in [-0.05, 0) is 20.3 Å². The van der Waals surface area contributed by atoms with Crippen LogP contribution < -0.4 is 5.32 Å². The maximum atomic E-state index is 11.6. The van der Waals surface area contributed by atoms with Crippen molar-refractivity contribution in [2.24, 2.45) is 0 Å². The van der Waals surface area contributed by atoms with E-state index in [4.69, 9.17) is 9.63 Å². The van der Waals surface area contributed by atoms with Crippen LogP contribution in [0.4, 0.5) is 0 Å². The molecule has 1 atom stereocenters. The van der Waals surface area contributed by atoms with Crippen molar-refractivity contribution in [2.75, 3.05) is 12.4 Å². The predicted molar refractivity (Wildman–Crippen MR) is 71.4 cm³/mol. The van der Waals surface area contributed by atoms with E-state index in [1.165, 1.54) is 11.8 Å². The quantitative estimate of drug-likeness (QED) is 0.785. The second-order valence-corrected chi connectivity index (χ2v) is 5.14. The van der Waals surface area contributed by atoms with Gasteiger partial charge in [0.25, 0.3) is 0 Å². The summed E-state index contributed by atoms with van der Waals surface area (Å²) >= 11 is 1.52. The van der Waals surface area contributed by atoms with E-state index in [0.717, 1.165) is 23.4 Å².